The molecule has 3 heterocycles. The highest BCUT2D eigenvalue weighted by Gasteiger charge is 2.21. The Hall–Kier alpha value is -4.12. The van der Waals surface area contributed by atoms with Crippen LogP contribution in [0.2, 0.25) is 0 Å². The second kappa shape index (κ2) is 10.7. The summed E-state index contributed by atoms with van der Waals surface area (Å²) in [6, 6.07) is 12.6. The number of nitrogens with zero attached hydrogens (tertiary/aromatic N) is 6. The third kappa shape index (κ3) is 6.01. The number of carbonyl (C=O) groups is 2. The molecule has 0 bridgehead atoms. The van der Waals surface area contributed by atoms with Crippen LogP contribution in [0.5, 0.6) is 0 Å². The summed E-state index contributed by atoms with van der Waals surface area (Å²) < 4.78 is 0. The first kappa shape index (κ1) is 23.1. The number of carbonyl (C=O) groups excluding carboxylic acids is 2. The molecule has 3 aromatic rings. The fourth-order valence-electron chi connectivity index (χ4n) is 3.53. The lowest BCUT2D eigenvalue weighted by Crippen LogP contribution is -2.49. The van der Waals surface area contributed by atoms with E-state index in [1.165, 1.54) is 6.20 Å². The number of hydrogen-bond donors (Lipinski definition) is 3. The van der Waals surface area contributed by atoms with Crippen molar-refractivity contribution < 1.29 is 9.59 Å². The molecular weight excluding hydrogens is 434 g/mol. The molecule has 1 saturated heterocycles. The highest BCUT2D eigenvalue weighted by atomic mass is 16.2. The molecule has 1 fully saturated rings. The Morgan fingerprint density at radius 1 is 1.00 bits per heavy atom. The molecule has 34 heavy (non-hydrogen) atoms. The average molecular weight is 462 g/mol. The maximum Gasteiger partial charge on any atom is 0.257 e. The molecule has 1 aromatic carbocycles. The van der Waals surface area contributed by atoms with Gasteiger partial charge in [-0.1, -0.05) is 25.1 Å². The molecule has 4 rings (SSSR count). The summed E-state index contributed by atoms with van der Waals surface area (Å²) >= 11 is 0. The van der Waals surface area contributed by atoms with E-state index >= 15 is 0 Å². The van der Waals surface area contributed by atoms with Crippen LogP contribution in [-0.4, -0.2) is 69.4 Å². The van der Waals surface area contributed by atoms with Gasteiger partial charge in [0.15, 0.2) is 0 Å². The molecule has 2 amide bonds. The molecule has 11 heteroatoms. The normalized spacial score (nSPS) is 14.0. The van der Waals surface area contributed by atoms with E-state index in [1.807, 2.05) is 42.2 Å². The van der Waals surface area contributed by atoms with Gasteiger partial charge in [-0.25, -0.2) is 4.98 Å². The highest BCUT2D eigenvalue weighted by Crippen LogP contribution is 2.17. The fourth-order valence-corrected chi connectivity index (χ4v) is 3.53. The third-order valence-corrected chi connectivity index (χ3v) is 5.32. The number of piperazine rings is 1. The molecule has 0 radical (unpaired) electrons. The van der Waals surface area contributed by atoms with Gasteiger partial charge in [-0.05, 0) is 24.3 Å². The molecule has 11 nitrogen and oxygen atoms in total. The Kier molecular flexibility index (Phi) is 7.23. The molecule has 2 aromatic heterocycles. The number of pyridine rings is 1. The van der Waals surface area contributed by atoms with Crippen molar-refractivity contribution in [2.45, 2.75) is 13.3 Å². The zero-order valence-corrected chi connectivity index (χ0v) is 18.9. The van der Waals surface area contributed by atoms with Crippen LogP contribution in [0.25, 0.3) is 0 Å². The van der Waals surface area contributed by atoms with Gasteiger partial charge < -0.3 is 21.3 Å². The summed E-state index contributed by atoms with van der Waals surface area (Å²) in [4.78, 5) is 45.6. The Morgan fingerprint density at radius 2 is 1.76 bits per heavy atom. The van der Waals surface area contributed by atoms with Crippen molar-refractivity contribution in [3.63, 3.8) is 0 Å². The maximum atomic E-state index is 12.4. The molecule has 4 N–H and O–H groups in total. The van der Waals surface area contributed by atoms with E-state index in [4.69, 9.17) is 5.73 Å². The van der Waals surface area contributed by atoms with Crippen molar-refractivity contribution in [3.05, 3.63) is 60.0 Å². The average Bonchev–Trinajstić information content (AvgIpc) is 2.85. The van der Waals surface area contributed by atoms with E-state index in [2.05, 4.69) is 35.5 Å². The minimum Gasteiger partial charge on any atom is -0.369 e. The van der Waals surface area contributed by atoms with E-state index in [0.29, 0.717) is 61.7 Å². The Bertz CT molecular complexity index is 1130. The number of primary amides is 1. The van der Waals surface area contributed by atoms with Crippen LogP contribution < -0.4 is 21.3 Å². The quantitative estimate of drug-likeness (QED) is 0.454. The summed E-state index contributed by atoms with van der Waals surface area (Å²) in [7, 11) is 0. The number of rotatable bonds is 8. The van der Waals surface area contributed by atoms with E-state index in [-0.39, 0.29) is 18.4 Å². The summed E-state index contributed by atoms with van der Waals surface area (Å²) in [5.74, 6) is 1.57. The molecule has 0 atom stereocenters. The second-order valence-electron chi connectivity index (χ2n) is 7.84. The van der Waals surface area contributed by atoms with Gasteiger partial charge in [-0.3, -0.25) is 14.5 Å². The van der Waals surface area contributed by atoms with Gasteiger partial charge in [-0.2, -0.15) is 15.0 Å². The van der Waals surface area contributed by atoms with Crippen LogP contribution in [0.1, 0.15) is 23.1 Å². The number of amides is 2. The van der Waals surface area contributed by atoms with Gasteiger partial charge in [0, 0.05) is 44.5 Å². The number of aromatic nitrogens is 4. The zero-order chi connectivity index (χ0) is 23.9. The second-order valence-corrected chi connectivity index (χ2v) is 7.84. The minimum absolute atomic E-state index is 0.239. The zero-order valence-electron chi connectivity index (χ0n) is 18.9. The van der Waals surface area contributed by atoms with Gasteiger partial charge in [0.25, 0.3) is 5.91 Å². The van der Waals surface area contributed by atoms with Crippen molar-refractivity contribution in [2.24, 2.45) is 5.73 Å². The van der Waals surface area contributed by atoms with Gasteiger partial charge >= 0.3 is 0 Å². The fraction of sp³-hybridized carbons (Fsp3) is 0.304. The van der Waals surface area contributed by atoms with Crippen LogP contribution in [-0.2, 0) is 11.2 Å². The van der Waals surface area contributed by atoms with Crippen molar-refractivity contribution >= 4 is 35.2 Å². The number of nitrogens with two attached hydrogens (primary N) is 1. The lowest BCUT2D eigenvalue weighted by Gasteiger charge is -2.34. The first-order valence-corrected chi connectivity index (χ1v) is 11.1. The smallest absolute Gasteiger partial charge is 0.257 e. The van der Waals surface area contributed by atoms with Gasteiger partial charge in [0.2, 0.25) is 17.8 Å². The van der Waals surface area contributed by atoms with Gasteiger partial charge in [-0.15, -0.1) is 0 Å². The maximum absolute atomic E-state index is 12.4. The number of anilines is 4. The molecule has 176 valence electrons. The molecular formula is C23H27N9O2. The molecule has 0 aliphatic carbocycles. The van der Waals surface area contributed by atoms with Crippen LogP contribution in [0.4, 0.5) is 23.4 Å². The SMILES string of the molecule is CCc1nc(Nc2ccc(C(=O)Nc3ccccc3)cn2)nc(N2CCN(CC(N)=O)CC2)n1. The highest BCUT2D eigenvalue weighted by molar-refractivity contribution is 6.04. The summed E-state index contributed by atoms with van der Waals surface area (Å²) in [5, 5.41) is 5.94. The van der Waals surface area contributed by atoms with E-state index < -0.39 is 0 Å². The molecule has 0 saturated carbocycles. The predicted molar refractivity (Wildman–Crippen MR) is 129 cm³/mol. The lowest BCUT2D eigenvalue weighted by atomic mass is 10.2. The van der Waals surface area contributed by atoms with Crippen LogP contribution in [0, 0.1) is 0 Å². The van der Waals surface area contributed by atoms with Crippen molar-refractivity contribution in [3.8, 4) is 0 Å². The molecule has 1 aliphatic rings. The largest absolute Gasteiger partial charge is 0.369 e. The summed E-state index contributed by atoms with van der Waals surface area (Å²) in [6.45, 7) is 5.00. The van der Waals surface area contributed by atoms with Gasteiger partial charge in [0.1, 0.15) is 11.6 Å². The van der Waals surface area contributed by atoms with Crippen LogP contribution in [0.3, 0.4) is 0 Å². The Balaban J connectivity index is 1.42. The lowest BCUT2D eigenvalue weighted by molar-refractivity contribution is -0.119. The van der Waals surface area contributed by atoms with E-state index in [9.17, 15) is 9.59 Å². The number of aryl methyl sites for hydroxylation is 1. The Morgan fingerprint density at radius 3 is 2.41 bits per heavy atom. The van der Waals surface area contributed by atoms with Crippen molar-refractivity contribution in [2.75, 3.05) is 48.3 Å². The molecule has 0 spiro atoms. The third-order valence-electron chi connectivity index (χ3n) is 5.32. The minimum atomic E-state index is -0.329. The summed E-state index contributed by atoms with van der Waals surface area (Å²) in [5.41, 5.74) is 6.45. The number of para-hydroxylation sites is 1. The molecule has 0 unspecified atom stereocenters. The number of benzene rings is 1. The van der Waals surface area contributed by atoms with Gasteiger partial charge in [0.05, 0.1) is 12.1 Å². The Labute approximate surface area is 197 Å². The van der Waals surface area contributed by atoms with E-state index in [0.717, 1.165) is 5.69 Å². The van der Waals surface area contributed by atoms with Crippen molar-refractivity contribution in [1.29, 1.82) is 0 Å². The monoisotopic (exact) mass is 461 g/mol. The number of hydrogen-bond acceptors (Lipinski definition) is 9. The first-order chi connectivity index (χ1) is 16.5. The van der Waals surface area contributed by atoms with E-state index in [1.54, 1.807) is 12.1 Å². The topological polar surface area (TPSA) is 142 Å². The summed E-state index contributed by atoms with van der Waals surface area (Å²) in [6.07, 6.45) is 2.15. The first-order valence-electron chi connectivity index (χ1n) is 11.1. The van der Waals surface area contributed by atoms with Crippen LogP contribution in [0.15, 0.2) is 48.7 Å². The predicted octanol–water partition coefficient (Wildman–Crippen LogP) is 1.43. The van der Waals surface area contributed by atoms with Crippen molar-refractivity contribution in [1.82, 2.24) is 24.8 Å². The van der Waals surface area contributed by atoms with Crippen LogP contribution >= 0.6 is 0 Å². The number of nitrogens with one attached hydrogen (secondary N) is 2. The molecule has 1 aliphatic heterocycles. The standard InChI is InChI=1S/C23H27N9O2/c1-2-19-27-22(30-23(29-19)32-12-10-31(11-13-32)15-18(24)33)28-20-9-8-16(14-25-20)21(34)26-17-6-4-3-5-7-17/h3-9,14H,2,10-13,15H2,1H3,(H2,24,33)(H,26,34)(H,25,27,28,29,30).